The van der Waals surface area contributed by atoms with Crippen LogP contribution in [0.1, 0.15) is 24.6 Å². The second-order valence-electron chi connectivity index (χ2n) is 4.28. The highest BCUT2D eigenvalue weighted by Gasteiger charge is 2.20. The zero-order chi connectivity index (χ0) is 11.7. The van der Waals surface area contributed by atoms with Gasteiger partial charge in [-0.2, -0.15) is 0 Å². The number of aromatic nitrogens is 1. The lowest BCUT2D eigenvalue weighted by Crippen LogP contribution is -2.12. The molecule has 1 aromatic heterocycles. The molecule has 1 aliphatic heterocycles. The van der Waals surface area contributed by atoms with Crippen molar-refractivity contribution in [3.8, 4) is 11.3 Å². The van der Waals surface area contributed by atoms with Crippen molar-refractivity contribution in [2.75, 3.05) is 6.54 Å². The Balaban J connectivity index is 1.89. The van der Waals surface area contributed by atoms with Crippen molar-refractivity contribution in [1.82, 2.24) is 10.5 Å². The van der Waals surface area contributed by atoms with Crippen molar-refractivity contribution < 1.29 is 8.91 Å². The summed E-state index contributed by atoms with van der Waals surface area (Å²) in [4.78, 5) is 0. The second kappa shape index (κ2) is 4.30. The lowest BCUT2D eigenvalue weighted by molar-refractivity contribution is 0.412. The number of hydrogen-bond acceptors (Lipinski definition) is 3. The van der Waals surface area contributed by atoms with Crippen LogP contribution in [0.2, 0.25) is 0 Å². The molecule has 3 rings (SSSR count). The summed E-state index contributed by atoms with van der Waals surface area (Å²) in [5.74, 6) is 0.354. The highest BCUT2D eigenvalue weighted by molar-refractivity contribution is 5.57. The molecule has 1 N–H and O–H groups in total. The van der Waals surface area contributed by atoms with Gasteiger partial charge in [-0.25, -0.2) is 4.39 Å². The standard InChI is InChI=1S/C13H13FN2O/c14-10-4-1-3-9(7-10)13-8-12(16-17-13)11-5-2-6-15-11/h1,3-4,7-8,11,15H,2,5-6H2/t11-/m1/s1. The fourth-order valence-corrected chi connectivity index (χ4v) is 2.17. The summed E-state index contributed by atoms with van der Waals surface area (Å²) in [7, 11) is 0. The molecular weight excluding hydrogens is 219 g/mol. The Kier molecular flexibility index (Phi) is 2.65. The van der Waals surface area contributed by atoms with Crippen LogP contribution in [-0.2, 0) is 0 Å². The van der Waals surface area contributed by atoms with Crippen molar-refractivity contribution in [1.29, 1.82) is 0 Å². The Morgan fingerprint density at radius 1 is 1.35 bits per heavy atom. The number of benzene rings is 1. The molecule has 0 bridgehead atoms. The monoisotopic (exact) mass is 232 g/mol. The van der Waals surface area contributed by atoms with E-state index in [1.165, 1.54) is 12.1 Å². The molecule has 1 aliphatic rings. The SMILES string of the molecule is Fc1cccc(-c2cc([C@H]3CCCN3)no2)c1. The Morgan fingerprint density at radius 2 is 2.29 bits per heavy atom. The van der Waals surface area contributed by atoms with Gasteiger partial charge in [0.1, 0.15) is 11.5 Å². The van der Waals surface area contributed by atoms with Crippen molar-refractivity contribution in [3.05, 3.63) is 41.8 Å². The molecule has 1 saturated heterocycles. The van der Waals surface area contributed by atoms with Gasteiger partial charge in [0, 0.05) is 11.6 Å². The molecule has 2 aromatic rings. The van der Waals surface area contributed by atoms with Crippen LogP contribution in [0.4, 0.5) is 4.39 Å². The molecule has 0 saturated carbocycles. The minimum Gasteiger partial charge on any atom is -0.356 e. The maximum atomic E-state index is 13.1. The molecule has 0 spiro atoms. The minimum atomic E-state index is -0.264. The van der Waals surface area contributed by atoms with Crippen LogP contribution >= 0.6 is 0 Å². The molecule has 2 heterocycles. The van der Waals surface area contributed by atoms with Gasteiger partial charge in [-0.3, -0.25) is 0 Å². The predicted molar refractivity (Wildman–Crippen MR) is 61.9 cm³/mol. The van der Waals surface area contributed by atoms with Crippen LogP contribution in [0.5, 0.6) is 0 Å². The van der Waals surface area contributed by atoms with Crippen LogP contribution in [0.25, 0.3) is 11.3 Å². The third-order valence-electron chi connectivity index (χ3n) is 3.05. The molecule has 4 heteroatoms. The highest BCUT2D eigenvalue weighted by atomic mass is 19.1. The molecule has 0 unspecified atom stereocenters. The first-order valence-corrected chi connectivity index (χ1v) is 5.79. The smallest absolute Gasteiger partial charge is 0.167 e. The van der Waals surface area contributed by atoms with Crippen molar-refractivity contribution in [2.24, 2.45) is 0 Å². The largest absolute Gasteiger partial charge is 0.356 e. The van der Waals surface area contributed by atoms with Gasteiger partial charge in [0.25, 0.3) is 0 Å². The lowest BCUT2D eigenvalue weighted by atomic mass is 10.1. The van der Waals surface area contributed by atoms with Crippen molar-refractivity contribution in [2.45, 2.75) is 18.9 Å². The highest BCUT2D eigenvalue weighted by Crippen LogP contribution is 2.27. The number of hydrogen-bond donors (Lipinski definition) is 1. The molecule has 88 valence electrons. The van der Waals surface area contributed by atoms with E-state index in [4.69, 9.17) is 4.52 Å². The number of rotatable bonds is 2. The van der Waals surface area contributed by atoms with E-state index in [1.807, 2.05) is 12.1 Å². The third kappa shape index (κ3) is 2.08. The summed E-state index contributed by atoms with van der Waals surface area (Å²) in [6, 6.07) is 8.51. The summed E-state index contributed by atoms with van der Waals surface area (Å²) in [5, 5.41) is 7.40. The summed E-state index contributed by atoms with van der Waals surface area (Å²) in [6.07, 6.45) is 2.24. The fourth-order valence-electron chi connectivity index (χ4n) is 2.17. The van der Waals surface area contributed by atoms with E-state index in [0.717, 1.165) is 30.6 Å². The van der Waals surface area contributed by atoms with Gasteiger partial charge in [-0.05, 0) is 31.5 Å². The average Bonchev–Trinajstić information content (AvgIpc) is 3.00. The zero-order valence-corrected chi connectivity index (χ0v) is 9.32. The quantitative estimate of drug-likeness (QED) is 0.865. The number of nitrogens with zero attached hydrogens (tertiary/aromatic N) is 1. The Bertz CT molecular complexity index is 518. The van der Waals surface area contributed by atoms with E-state index in [1.54, 1.807) is 6.07 Å². The first-order chi connectivity index (χ1) is 8.33. The minimum absolute atomic E-state index is 0.264. The van der Waals surface area contributed by atoms with Crippen molar-refractivity contribution in [3.63, 3.8) is 0 Å². The molecule has 17 heavy (non-hydrogen) atoms. The normalized spacial score (nSPS) is 19.7. The zero-order valence-electron chi connectivity index (χ0n) is 9.32. The van der Waals surface area contributed by atoms with Gasteiger partial charge < -0.3 is 9.84 Å². The van der Waals surface area contributed by atoms with Crippen LogP contribution in [0.3, 0.4) is 0 Å². The van der Waals surface area contributed by atoms with Gasteiger partial charge in [0.05, 0.1) is 6.04 Å². The van der Waals surface area contributed by atoms with Crippen LogP contribution < -0.4 is 5.32 Å². The van der Waals surface area contributed by atoms with E-state index < -0.39 is 0 Å². The molecule has 0 radical (unpaired) electrons. The molecule has 1 aromatic carbocycles. The van der Waals surface area contributed by atoms with Crippen LogP contribution in [0, 0.1) is 5.82 Å². The first-order valence-electron chi connectivity index (χ1n) is 5.79. The lowest BCUT2D eigenvalue weighted by Gasteiger charge is -2.02. The molecule has 0 aliphatic carbocycles. The Hall–Kier alpha value is -1.68. The van der Waals surface area contributed by atoms with Crippen molar-refractivity contribution >= 4 is 0 Å². The fraction of sp³-hybridized carbons (Fsp3) is 0.308. The van der Waals surface area contributed by atoms with Gasteiger partial charge in [-0.1, -0.05) is 17.3 Å². The molecule has 3 nitrogen and oxygen atoms in total. The second-order valence-corrected chi connectivity index (χ2v) is 4.28. The summed E-state index contributed by atoms with van der Waals surface area (Å²) in [5.41, 5.74) is 1.63. The van der Waals surface area contributed by atoms with Gasteiger partial charge >= 0.3 is 0 Å². The van der Waals surface area contributed by atoms with Crippen LogP contribution in [-0.4, -0.2) is 11.7 Å². The molecule has 0 amide bonds. The maximum Gasteiger partial charge on any atom is 0.167 e. The van der Waals surface area contributed by atoms with Gasteiger partial charge in [0.15, 0.2) is 5.76 Å². The predicted octanol–water partition coefficient (Wildman–Crippen LogP) is 2.91. The number of halogens is 1. The Labute approximate surface area is 98.6 Å². The third-order valence-corrected chi connectivity index (χ3v) is 3.05. The summed E-state index contributed by atoms with van der Waals surface area (Å²) >= 11 is 0. The van der Waals surface area contributed by atoms with E-state index >= 15 is 0 Å². The molecular formula is C13H13FN2O. The summed E-state index contributed by atoms with van der Waals surface area (Å²) in [6.45, 7) is 1.02. The van der Waals surface area contributed by atoms with E-state index in [0.29, 0.717) is 5.76 Å². The Morgan fingerprint density at radius 3 is 3.06 bits per heavy atom. The number of nitrogens with one attached hydrogen (secondary N) is 1. The van der Waals surface area contributed by atoms with E-state index in [-0.39, 0.29) is 11.9 Å². The summed E-state index contributed by atoms with van der Waals surface area (Å²) < 4.78 is 18.3. The van der Waals surface area contributed by atoms with E-state index in [2.05, 4.69) is 10.5 Å². The van der Waals surface area contributed by atoms with Gasteiger partial charge in [-0.15, -0.1) is 0 Å². The molecule has 1 atom stereocenters. The van der Waals surface area contributed by atoms with E-state index in [9.17, 15) is 4.39 Å². The average molecular weight is 232 g/mol. The first kappa shape index (κ1) is 10.5. The molecule has 1 fully saturated rings. The van der Waals surface area contributed by atoms with Crippen LogP contribution in [0.15, 0.2) is 34.9 Å². The van der Waals surface area contributed by atoms with Gasteiger partial charge in [0.2, 0.25) is 0 Å². The topological polar surface area (TPSA) is 38.1 Å². The maximum absolute atomic E-state index is 13.1.